The lowest BCUT2D eigenvalue weighted by molar-refractivity contribution is 0.0731. The van der Waals surface area contributed by atoms with Gasteiger partial charge in [0.1, 0.15) is 11.4 Å². The number of terminal acetylenes is 1. The Bertz CT molecular complexity index is 371. The summed E-state index contributed by atoms with van der Waals surface area (Å²) in [5.74, 6) is 2.78. The Morgan fingerprint density at radius 1 is 1.87 bits per heavy atom. The highest BCUT2D eigenvalue weighted by Gasteiger charge is 2.55. The zero-order valence-corrected chi connectivity index (χ0v) is 8.56. The first-order valence-corrected chi connectivity index (χ1v) is 4.84. The minimum Gasteiger partial charge on any atom is -0.385 e. The summed E-state index contributed by atoms with van der Waals surface area (Å²) in [6.45, 7) is 2.68. The SMILES string of the molecule is C#CCN1C(=O)N=C(N)C12CCOC2C. The molecule has 2 aliphatic rings. The molecule has 2 atom stereocenters. The highest BCUT2D eigenvalue weighted by Crippen LogP contribution is 2.36. The Morgan fingerprint density at radius 3 is 3.13 bits per heavy atom. The van der Waals surface area contributed by atoms with Crippen molar-refractivity contribution in [2.24, 2.45) is 10.7 Å². The molecule has 2 N–H and O–H groups in total. The number of amides is 2. The fourth-order valence-electron chi connectivity index (χ4n) is 2.29. The predicted octanol–water partition coefficient (Wildman–Crippen LogP) is -0.0400. The normalized spacial score (nSPS) is 34.7. The van der Waals surface area contributed by atoms with Crippen molar-refractivity contribution >= 4 is 11.9 Å². The summed E-state index contributed by atoms with van der Waals surface area (Å²) in [4.78, 5) is 16.9. The molecule has 0 radical (unpaired) electrons. The third-order valence-electron chi connectivity index (χ3n) is 3.15. The van der Waals surface area contributed by atoms with Gasteiger partial charge in [-0.15, -0.1) is 6.42 Å². The minimum absolute atomic E-state index is 0.152. The number of rotatable bonds is 1. The van der Waals surface area contributed by atoms with E-state index in [1.165, 1.54) is 4.90 Å². The number of urea groups is 1. The van der Waals surface area contributed by atoms with Crippen LogP contribution in [0.15, 0.2) is 4.99 Å². The monoisotopic (exact) mass is 207 g/mol. The number of carbonyl (C=O) groups excluding carboxylic acids is 1. The standard InChI is InChI=1S/C10H13N3O2/c1-3-5-13-9(14)12-8(11)10(13)4-6-15-7(10)2/h1,7H,4-6H2,2H3,(H2,11,12,14). The van der Waals surface area contributed by atoms with Crippen molar-refractivity contribution in [3.8, 4) is 12.3 Å². The van der Waals surface area contributed by atoms with Gasteiger partial charge in [0.05, 0.1) is 12.6 Å². The number of nitrogens with two attached hydrogens (primary N) is 1. The van der Waals surface area contributed by atoms with Crippen LogP contribution in [0.1, 0.15) is 13.3 Å². The summed E-state index contributed by atoms with van der Waals surface area (Å²) in [7, 11) is 0. The van der Waals surface area contributed by atoms with E-state index in [4.69, 9.17) is 16.9 Å². The lowest BCUT2D eigenvalue weighted by Crippen LogP contribution is -2.58. The van der Waals surface area contributed by atoms with Gasteiger partial charge in [0.2, 0.25) is 0 Å². The summed E-state index contributed by atoms with van der Waals surface area (Å²) in [5.41, 5.74) is 5.21. The van der Waals surface area contributed by atoms with E-state index in [0.29, 0.717) is 18.9 Å². The number of nitrogens with zero attached hydrogens (tertiary/aromatic N) is 2. The van der Waals surface area contributed by atoms with Crippen LogP contribution in [0.2, 0.25) is 0 Å². The molecule has 0 saturated carbocycles. The fourth-order valence-corrected chi connectivity index (χ4v) is 2.29. The summed E-state index contributed by atoms with van der Waals surface area (Å²) in [5, 5.41) is 0. The number of amidine groups is 1. The molecule has 0 aliphatic carbocycles. The van der Waals surface area contributed by atoms with Crippen LogP contribution in [0.5, 0.6) is 0 Å². The molecule has 0 aromatic heterocycles. The minimum atomic E-state index is -0.608. The van der Waals surface area contributed by atoms with Gasteiger partial charge in [-0.3, -0.25) is 4.90 Å². The maximum absolute atomic E-state index is 11.6. The molecule has 0 aromatic rings. The van der Waals surface area contributed by atoms with E-state index in [1.54, 1.807) is 0 Å². The van der Waals surface area contributed by atoms with Gasteiger partial charge in [-0.1, -0.05) is 5.92 Å². The highest BCUT2D eigenvalue weighted by atomic mass is 16.5. The van der Waals surface area contributed by atoms with Crippen LogP contribution in [0.4, 0.5) is 4.79 Å². The van der Waals surface area contributed by atoms with Gasteiger partial charge in [-0.05, 0) is 6.92 Å². The van der Waals surface area contributed by atoms with Crippen molar-refractivity contribution < 1.29 is 9.53 Å². The smallest absolute Gasteiger partial charge is 0.347 e. The Balaban J connectivity index is 2.40. The van der Waals surface area contributed by atoms with Crippen LogP contribution in [-0.4, -0.2) is 41.6 Å². The van der Waals surface area contributed by atoms with E-state index < -0.39 is 5.54 Å². The van der Waals surface area contributed by atoms with Crippen molar-refractivity contribution in [1.82, 2.24) is 4.90 Å². The second kappa shape index (κ2) is 3.24. The van der Waals surface area contributed by atoms with E-state index in [-0.39, 0.29) is 18.7 Å². The molecule has 2 unspecified atom stereocenters. The summed E-state index contributed by atoms with van der Waals surface area (Å²) < 4.78 is 5.46. The maximum atomic E-state index is 11.6. The number of hydrogen-bond acceptors (Lipinski definition) is 3. The molecule has 1 fully saturated rings. The molecule has 80 valence electrons. The Hall–Kier alpha value is -1.54. The molecule has 5 heteroatoms. The van der Waals surface area contributed by atoms with Crippen molar-refractivity contribution in [3.63, 3.8) is 0 Å². The van der Waals surface area contributed by atoms with Crippen LogP contribution in [-0.2, 0) is 4.74 Å². The van der Waals surface area contributed by atoms with Crippen molar-refractivity contribution in [2.75, 3.05) is 13.2 Å². The van der Waals surface area contributed by atoms with Crippen LogP contribution in [0.3, 0.4) is 0 Å². The molecule has 2 amide bonds. The van der Waals surface area contributed by atoms with E-state index in [1.807, 2.05) is 6.92 Å². The van der Waals surface area contributed by atoms with Gasteiger partial charge in [0, 0.05) is 13.0 Å². The molecule has 1 spiro atoms. The zero-order chi connectivity index (χ0) is 11.1. The number of carbonyl (C=O) groups is 1. The summed E-state index contributed by atoms with van der Waals surface area (Å²) >= 11 is 0. The quantitative estimate of drug-likeness (QED) is 0.613. The Labute approximate surface area is 88.3 Å². The van der Waals surface area contributed by atoms with E-state index in [9.17, 15) is 4.79 Å². The first-order chi connectivity index (χ1) is 7.13. The lowest BCUT2D eigenvalue weighted by atomic mass is 9.89. The molecule has 2 rings (SSSR count). The molecule has 0 aromatic carbocycles. The largest absolute Gasteiger partial charge is 0.385 e. The summed E-state index contributed by atoms with van der Waals surface area (Å²) in [6, 6.07) is -0.359. The fraction of sp³-hybridized carbons (Fsp3) is 0.600. The van der Waals surface area contributed by atoms with Crippen molar-refractivity contribution in [2.45, 2.75) is 25.0 Å². The molecule has 2 heterocycles. The molecule has 5 nitrogen and oxygen atoms in total. The van der Waals surface area contributed by atoms with E-state index >= 15 is 0 Å². The topological polar surface area (TPSA) is 67.9 Å². The predicted molar refractivity (Wildman–Crippen MR) is 55.3 cm³/mol. The molecule has 1 saturated heterocycles. The zero-order valence-electron chi connectivity index (χ0n) is 8.56. The molecular formula is C10H13N3O2. The first-order valence-electron chi connectivity index (χ1n) is 4.84. The average molecular weight is 207 g/mol. The van der Waals surface area contributed by atoms with Gasteiger partial charge in [0.15, 0.2) is 0 Å². The molecule has 15 heavy (non-hydrogen) atoms. The van der Waals surface area contributed by atoms with E-state index in [0.717, 1.165) is 0 Å². The molecular weight excluding hydrogens is 194 g/mol. The average Bonchev–Trinajstić information content (AvgIpc) is 2.66. The highest BCUT2D eigenvalue weighted by molar-refractivity contribution is 6.06. The van der Waals surface area contributed by atoms with Gasteiger partial charge in [0.25, 0.3) is 0 Å². The van der Waals surface area contributed by atoms with Crippen LogP contribution >= 0.6 is 0 Å². The number of ether oxygens (including phenoxy) is 1. The third kappa shape index (κ3) is 1.15. The van der Waals surface area contributed by atoms with Gasteiger partial charge >= 0.3 is 6.03 Å². The van der Waals surface area contributed by atoms with Crippen LogP contribution in [0.25, 0.3) is 0 Å². The Morgan fingerprint density at radius 2 is 2.60 bits per heavy atom. The van der Waals surface area contributed by atoms with Crippen molar-refractivity contribution in [1.29, 1.82) is 0 Å². The third-order valence-corrected chi connectivity index (χ3v) is 3.15. The maximum Gasteiger partial charge on any atom is 0.347 e. The van der Waals surface area contributed by atoms with Crippen LogP contribution in [0, 0.1) is 12.3 Å². The molecule has 0 bridgehead atoms. The van der Waals surface area contributed by atoms with Crippen molar-refractivity contribution in [3.05, 3.63) is 0 Å². The van der Waals surface area contributed by atoms with Gasteiger partial charge < -0.3 is 10.5 Å². The number of hydrogen-bond donors (Lipinski definition) is 1. The van der Waals surface area contributed by atoms with Gasteiger partial charge in [-0.2, -0.15) is 4.99 Å². The summed E-state index contributed by atoms with van der Waals surface area (Å²) in [6.07, 6.45) is 5.75. The van der Waals surface area contributed by atoms with E-state index in [2.05, 4.69) is 10.9 Å². The second-order valence-corrected chi connectivity index (χ2v) is 3.76. The molecule has 2 aliphatic heterocycles. The second-order valence-electron chi connectivity index (χ2n) is 3.76. The lowest BCUT2D eigenvalue weighted by Gasteiger charge is -2.35. The first kappa shape index (κ1) is 9.99. The Kier molecular flexibility index (Phi) is 2.16. The van der Waals surface area contributed by atoms with Gasteiger partial charge in [-0.25, -0.2) is 4.79 Å². The van der Waals surface area contributed by atoms with Crippen LogP contribution < -0.4 is 5.73 Å². The number of aliphatic imine (C=N–C) groups is 1.